The lowest BCUT2D eigenvalue weighted by Gasteiger charge is -2.25. The minimum Gasteiger partial charge on any atom is -0.468 e. The second kappa shape index (κ2) is 3.98. The average molecular weight is 198 g/mol. The van der Waals surface area contributed by atoms with Crippen LogP contribution in [0.4, 0.5) is 0 Å². The molecule has 0 saturated heterocycles. The summed E-state index contributed by atoms with van der Waals surface area (Å²) in [4.78, 5) is 20.2. The van der Waals surface area contributed by atoms with Crippen LogP contribution in [-0.2, 0) is 19.1 Å². The van der Waals surface area contributed by atoms with E-state index in [1.165, 1.54) is 0 Å². The molecule has 4 unspecified atom stereocenters. The molecular weight excluding hydrogens is 184 g/mol. The van der Waals surface area contributed by atoms with Gasteiger partial charge in [-0.3, -0.25) is 9.59 Å². The van der Waals surface area contributed by atoms with E-state index in [-0.39, 0.29) is 6.10 Å². The minimum atomic E-state index is 0.116. The predicted molar refractivity (Wildman–Crippen MR) is 47.3 cm³/mol. The first-order valence-electron chi connectivity index (χ1n) is 4.99. The van der Waals surface area contributed by atoms with Crippen molar-refractivity contribution in [3.05, 3.63) is 0 Å². The molecule has 0 amide bonds. The van der Waals surface area contributed by atoms with Crippen LogP contribution in [0.3, 0.4) is 0 Å². The van der Waals surface area contributed by atoms with Crippen LogP contribution < -0.4 is 0 Å². The van der Waals surface area contributed by atoms with Gasteiger partial charge in [-0.2, -0.15) is 0 Å². The highest BCUT2D eigenvalue weighted by molar-refractivity contribution is 5.38. The third kappa shape index (κ3) is 1.61. The van der Waals surface area contributed by atoms with E-state index in [4.69, 9.17) is 9.47 Å². The monoisotopic (exact) mass is 198 g/mol. The maximum Gasteiger partial charge on any atom is 0.293 e. The number of ether oxygens (including phenoxy) is 2. The highest BCUT2D eigenvalue weighted by Crippen LogP contribution is 2.49. The Morgan fingerprint density at radius 3 is 2.50 bits per heavy atom. The van der Waals surface area contributed by atoms with Crippen molar-refractivity contribution in [3.8, 4) is 0 Å². The van der Waals surface area contributed by atoms with E-state index in [0.29, 0.717) is 37.3 Å². The maximum atomic E-state index is 10.2. The second-order valence-electron chi connectivity index (χ2n) is 4.19. The molecule has 2 saturated carbocycles. The quantitative estimate of drug-likeness (QED) is 0.611. The molecule has 0 aromatic carbocycles. The van der Waals surface area contributed by atoms with E-state index in [1.807, 2.05) is 0 Å². The lowest BCUT2D eigenvalue weighted by Crippen LogP contribution is -2.26. The molecule has 0 aromatic rings. The maximum absolute atomic E-state index is 10.2. The Bertz CT molecular complexity index is 228. The van der Waals surface area contributed by atoms with Crippen LogP contribution in [0.5, 0.6) is 0 Å². The van der Waals surface area contributed by atoms with Gasteiger partial charge in [0.05, 0.1) is 6.61 Å². The highest BCUT2D eigenvalue weighted by atomic mass is 16.5. The van der Waals surface area contributed by atoms with Gasteiger partial charge in [0.25, 0.3) is 12.9 Å². The average Bonchev–Trinajstić information content (AvgIpc) is 2.74. The zero-order valence-electron chi connectivity index (χ0n) is 7.93. The van der Waals surface area contributed by atoms with Gasteiger partial charge in [-0.1, -0.05) is 0 Å². The Labute approximate surface area is 82.6 Å². The summed E-state index contributed by atoms with van der Waals surface area (Å²) in [7, 11) is 0. The van der Waals surface area contributed by atoms with Crippen LogP contribution in [0.25, 0.3) is 0 Å². The number of rotatable bonds is 5. The fraction of sp³-hybridized carbons (Fsp3) is 0.800. The fourth-order valence-electron chi connectivity index (χ4n) is 2.95. The molecule has 0 heterocycles. The normalized spacial score (nSPS) is 39.4. The van der Waals surface area contributed by atoms with Gasteiger partial charge in [0.1, 0.15) is 6.10 Å². The number of fused-ring (bicyclic) bond motifs is 2. The van der Waals surface area contributed by atoms with Crippen LogP contribution in [0, 0.1) is 17.8 Å². The van der Waals surface area contributed by atoms with Crippen molar-refractivity contribution in [2.75, 3.05) is 6.61 Å². The van der Waals surface area contributed by atoms with E-state index in [9.17, 15) is 9.59 Å². The lowest BCUT2D eigenvalue weighted by atomic mass is 9.88. The van der Waals surface area contributed by atoms with Gasteiger partial charge in [0, 0.05) is 0 Å². The Morgan fingerprint density at radius 1 is 1.07 bits per heavy atom. The van der Waals surface area contributed by atoms with Crippen molar-refractivity contribution in [1.82, 2.24) is 0 Å². The first kappa shape index (κ1) is 9.49. The van der Waals surface area contributed by atoms with E-state index in [0.717, 1.165) is 19.3 Å². The van der Waals surface area contributed by atoms with Gasteiger partial charge < -0.3 is 9.47 Å². The van der Waals surface area contributed by atoms with Crippen molar-refractivity contribution in [1.29, 1.82) is 0 Å². The Hall–Kier alpha value is -1.06. The fourth-order valence-corrected chi connectivity index (χ4v) is 2.95. The van der Waals surface area contributed by atoms with Gasteiger partial charge in [-0.15, -0.1) is 0 Å². The molecule has 2 bridgehead atoms. The molecule has 2 aliphatic rings. The van der Waals surface area contributed by atoms with Crippen molar-refractivity contribution >= 4 is 12.9 Å². The molecule has 0 aliphatic heterocycles. The smallest absolute Gasteiger partial charge is 0.293 e. The molecule has 2 aliphatic carbocycles. The first-order chi connectivity index (χ1) is 6.85. The van der Waals surface area contributed by atoms with Crippen molar-refractivity contribution in [2.24, 2.45) is 17.8 Å². The number of hydrogen-bond donors (Lipinski definition) is 0. The molecule has 2 rings (SSSR count). The van der Waals surface area contributed by atoms with Crippen LogP contribution in [0.2, 0.25) is 0 Å². The molecule has 4 nitrogen and oxygen atoms in total. The van der Waals surface area contributed by atoms with Crippen molar-refractivity contribution in [2.45, 2.75) is 25.4 Å². The van der Waals surface area contributed by atoms with E-state index >= 15 is 0 Å². The molecular formula is C10H14O4. The summed E-state index contributed by atoms with van der Waals surface area (Å²) in [5.41, 5.74) is 0. The molecule has 0 spiro atoms. The third-order valence-corrected chi connectivity index (χ3v) is 3.55. The molecule has 4 heteroatoms. The first-order valence-corrected chi connectivity index (χ1v) is 4.99. The molecule has 4 atom stereocenters. The Balaban J connectivity index is 1.83. The van der Waals surface area contributed by atoms with Crippen LogP contribution in [0.15, 0.2) is 0 Å². The minimum absolute atomic E-state index is 0.116. The number of carbonyl (C=O) groups excluding carboxylic acids is 2. The third-order valence-electron chi connectivity index (χ3n) is 3.55. The summed E-state index contributed by atoms with van der Waals surface area (Å²) in [6, 6.07) is 0. The second-order valence-corrected chi connectivity index (χ2v) is 4.19. The largest absolute Gasteiger partial charge is 0.468 e. The van der Waals surface area contributed by atoms with E-state index < -0.39 is 0 Å². The van der Waals surface area contributed by atoms with Crippen LogP contribution in [0.1, 0.15) is 19.3 Å². The van der Waals surface area contributed by atoms with Crippen LogP contribution in [-0.4, -0.2) is 25.7 Å². The topological polar surface area (TPSA) is 52.6 Å². The summed E-state index contributed by atoms with van der Waals surface area (Å²) in [5, 5.41) is 0. The molecule has 78 valence electrons. The summed E-state index contributed by atoms with van der Waals surface area (Å²) in [6.07, 6.45) is 3.20. The number of carbonyl (C=O) groups is 2. The zero-order chi connectivity index (χ0) is 9.97. The summed E-state index contributed by atoms with van der Waals surface area (Å²) in [5.74, 6) is 1.55. The highest BCUT2D eigenvalue weighted by Gasteiger charge is 2.47. The van der Waals surface area contributed by atoms with E-state index in [1.54, 1.807) is 0 Å². The predicted octanol–water partition coefficient (Wildman–Crippen LogP) is 0.747. The van der Waals surface area contributed by atoms with Gasteiger partial charge in [0.2, 0.25) is 0 Å². The molecule has 0 aromatic heterocycles. The van der Waals surface area contributed by atoms with Gasteiger partial charge in [-0.25, -0.2) is 0 Å². The molecule has 0 radical (unpaired) electrons. The Kier molecular flexibility index (Phi) is 2.70. The zero-order valence-corrected chi connectivity index (χ0v) is 7.93. The lowest BCUT2D eigenvalue weighted by molar-refractivity contribution is -0.136. The standard InChI is InChI=1S/C10H14O4/c11-5-13-4-9-2-8-1-7(9)3-10(8)14-6-12/h5-10H,1-4H2. The van der Waals surface area contributed by atoms with Gasteiger partial charge in [0.15, 0.2) is 0 Å². The SMILES string of the molecule is O=COCC1CC2CC1CC2OC=O. The summed E-state index contributed by atoms with van der Waals surface area (Å²) < 4.78 is 9.77. The summed E-state index contributed by atoms with van der Waals surface area (Å²) in [6.45, 7) is 1.58. The van der Waals surface area contributed by atoms with Crippen molar-refractivity contribution < 1.29 is 19.1 Å². The van der Waals surface area contributed by atoms with E-state index in [2.05, 4.69) is 0 Å². The molecule has 14 heavy (non-hydrogen) atoms. The molecule has 2 fully saturated rings. The molecule has 0 N–H and O–H groups in total. The van der Waals surface area contributed by atoms with Crippen LogP contribution >= 0.6 is 0 Å². The van der Waals surface area contributed by atoms with Gasteiger partial charge in [-0.05, 0) is 37.0 Å². The van der Waals surface area contributed by atoms with Crippen molar-refractivity contribution in [3.63, 3.8) is 0 Å². The van der Waals surface area contributed by atoms with Gasteiger partial charge >= 0.3 is 0 Å². The summed E-state index contributed by atoms with van der Waals surface area (Å²) >= 11 is 0. The Morgan fingerprint density at radius 2 is 1.93 bits per heavy atom. The number of hydrogen-bond acceptors (Lipinski definition) is 4.